The largest absolute Gasteiger partial charge is 0.369 e. The first-order chi connectivity index (χ1) is 7.51. The monoisotopic (exact) mass is 220 g/mol. The van der Waals surface area contributed by atoms with E-state index in [1.54, 1.807) is 7.11 Å². The van der Waals surface area contributed by atoms with Crippen molar-refractivity contribution in [2.75, 3.05) is 7.11 Å². The quantitative estimate of drug-likeness (QED) is 0.778. The average molecular weight is 220 g/mol. The van der Waals surface area contributed by atoms with E-state index in [1.807, 2.05) is 20.8 Å². The first-order valence-corrected chi connectivity index (χ1v) is 5.64. The molecule has 0 amide bonds. The molecule has 16 heavy (non-hydrogen) atoms. The molecule has 2 nitrogen and oxygen atoms in total. The number of aryl methyl sites for hydroxylation is 3. The fourth-order valence-electron chi connectivity index (χ4n) is 2.20. The molecule has 0 spiro atoms. The lowest BCUT2D eigenvalue weighted by Gasteiger charge is -2.19. The Bertz CT molecular complexity index is 371. The SMILES string of the molecule is CCC(=O)C(OC)c1c(C)cc(C)cc1C. The highest BCUT2D eigenvalue weighted by atomic mass is 16.5. The summed E-state index contributed by atoms with van der Waals surface area (Å²) in [5.41, 5.74) is 4.51. The van der Waals surface area contributed by atoms with Gasteiger partial charge >= 0.3 is 0 Å². The van der Waals surface area contributed by atoms with Crippen molar-refractivity contribution in [2.24, 2.45) is 0 Å². The Morgan fingerprint density at radius 3 is 2.12 bits per heavy atom. The molecule has 0 fully saturated rings. The van der Waals surface area contributed by atoms with Gasteiger partial charge in [0.15, 0.2) is 5.78 Å². The van der Waals surface area contributed by atoms with Crippen molar-refractivity contribution in [2.45, 2.75) is 40.2 Å². The van der Waals surface area contributed by atoms with Crippen molar-refractivity contribution in [3.8, 4) is 0 Å². The Balaban J connectivity index is 3.25. The highest BCUT2D eigenvalue weighted by Crippen LogP contribution is 2.27. The van der Waals surface area contributed by atoms with E-state index in [0.717, 1.165) is 16.7 Å². The summed E-state index contributed by atoms with van der Waals surface area (Å²) < 4.78 is 5.34. The zero-order chi connectivity index (χ0) is 12.3. The van der Waals surface area contributed by atoms with Crippen LogP contribution in [0, 0.1) is 20.8 Å². The average Bonchev–Trinajstić information content (AvgIpc) is 2.22. The van der Waals surface area contributed by atoms with Gasteiger partial charge in [0.1, 0.15) is 6.10 Å². The van der Waals surface area contributed by atoms with Gasteiger partial charge in [0.05, 0.1) is 0 Å². The van der Waals surface area contributed by atoms with Gasteiger partial charge in [-0.2, -0.15) is 0 Å². The molecular formula is C14H20O2. The second-order valence-electron chi connectivity index (χ2n) is 4.25. The third kappa shape index (κ3) is 2.50. The summed E-state index contributed by atoms with van der Waals surface area (Å²) in [6, 6.07) is 4.19. The van der Waals surface area contributed by atoms with Crippen LogP contribution in [-0.4, -0.2) is 12.9 Å². The van der Waals surface area contributed by atoms with Crippen LogP contribution in [0.2, 0.25) is 0 Å². The second-order valence-corrected chi connectivity index (χ2v) is 4.25. The highest BCUT2D eigenvalue weighted by molar-refractivity contribution is 5.84. The van der Waals surface area contributed by atoms with Crippen molar-refractivity contribution in [1.29, 1.82) is 0 Å². The van der Waals surface area contributed by atoms with Gasteiger partial charge in [0.25, 0.3) is 0 Å². The molecule has 1 unspecified atom stereocenters. The van der Waals surface area contributed by atoms with Gasteiger partial charge in [-0.25, -0.2) is 0 Å². The smallest absolute Gasteiger partial charge is 0.165 e. The molecule has 0 aliphatic heterocycles. The maximum Gasteiger partial charge on any atom is 0.165 e. The zero-order valence-corrected chi connectivity index (χ0v) is 10.8. The van der Waals surface area contributed by atoms with Crippen molar-refractivity contribution in [1.82, 2.24) is 0 Å². The van der Waals surface area contributed by atoms with E-state index in [9.17, 15) is 4.79 Å². The summed E-state index contributed by atoms with van der Waals surface area (Å²) in [6.07, 6.45) is 0.0937. The van der Waals surface area contributed by atoms with Crippen LogP contribution in [0.5, 0.6) is 0 Å². The highest BCUT2D eigenvalue weighted by Gasteiger charge is 2.21. The van der Waals surface area contributed by atoms with Gasteiger partial charge in [-0.05, 0) is 37.5 Å². The molecule has 0 saturated heterocycles. The number of carbonyl (C=O) groups is 1. The fraction of sp³-hybridized carbons (Fsp3) is 0.500. The van der Waals surface area contributed by atoms with E-state index < -0.39 is 6.10 Å². The minimum atomic E-state index is -0.411. The van der Waals surface area contributed by atoms with Gasteiger partial charge in [0, 0.05) is 13.5 Å². The van der Waals surface area contributed by atoms with Crippen LogP contribution in [0.15, 0.2) is 12.1 Å². The van der Waals surface area contributed by atoms with Gasteiger partial charge < -0.3 is 4.74 Å². The Morgan fingerprint density at radius 1 is 1.25 bits per heavy atom. The molecule has 88 valence electrons. The molecular weight excluding hydrogens is 200 g/mol. The van der Waals surface area contributed by atoms with Gasteiger partial charge in [-0.15, -0.1) is 0 Å². The molecule has 1 aromatic carbocycles. The second kappa shape index (κ2) is 5.26. The lowest BCUT2D eigenvalue weighted by atomic mass is 9.93. The van der Waals surface area contributed by atoms with Gasteiger partial charge in [-0.3, -0.25) is 4.79 Å². The standard InChI is InChI=1S/C14H20O2/c1-6-12(15)14(16-5)13-10(3)7-9(2)8-11(13)4/h7-8,14H,6H2,1-5H3. The zero-order valence-electron chi connectivity index (χ0n) is 10.8. The molecule has 0 heterocycles. The molecule has 1 rings (SSSR count). The summed E-state index contributed by atoms with van der Waals surface area (Å²) in [7, 11) is 1.59. The number of methoxy groups -OCH3 is 1. The summed E-state index contributed by atoms with van der Waals surface area (Å²) in [4.78, 5) is 11.8. The Labute approximate surface area is 97.6 Å². The third-order valence-corrected chi connectivity index (χ3v) is 2.88. The Hall–Kier alpha value is -1.15. The van der Waals surface area contributed by atoms with Crippen LogP contribution in [0.4, 0.5) is 0 Å². The Kier molecular flexibility index (Phi) is 4.25. The number of benzene rings is 1. The fourth-order valence-corrected chi connectivity index (χ4v) is 2.20. The first-order valence-electron chi connectivity index (χ1n) is 5.64. The Morgan fingerprint density at radius 2 is 1.75 bits per heavy atom. The lowest BCUT2D eigenvalue weighted by molar-refractivity contribution is -0.128. The van der Waals surface area contributed by atoms with Crippen LogP contribution >= 0.6 is 0 Å². The molecule has 0 N–H and O–H groups in total. The van der Waals surface area contributed by atoms with E-state index in [1.165, 1.54) is 5.56 Å². The van der Waals surface area contributed by atoms with E-state index in [2.05, 4.69) is 19.1 Å². The number of Topliss-reactive ketones (excluding diaryl/α,β-unsaturated/α-hetero) is 1. The van der Waals surface area contributed by atoms with Gasteiger partial charge in [0.2, 0.25) is 0 Å². The van der Waals surface area contributed by atoms with Crippen molar-refractivity contribution < 1.29 is 9.53 Å². The summed E-state index contributed by atoms with van der Waals surface area (Å²) >= 11 is 0. The summed E-state index contributed by atoms with van der Waals surface area (Å²) in [6.45, 7) is 8.00. The van der Waals surface area contributed by atoms with E-state index in [0.29, 0.717) is 6.42 Å². The van der Waals surface area contributed by atoms with Crippen molar-refractivity contribution in [3.63, 3.8) is 0 Å². The summed E-state index contributed by atoms with van der Waals surface area (Å²) in [5.74, 6) is 0.137. The van der Waals surface area contributed by atoms with E-state index in [-0.39, 0.29) is 5.78 Å². The topological polar surface area (TPSA) is 26.3 Å². The van der Waals surface area contributed by atoms with E-state index in [4.69, 9.17) is 4.74 Å². The third-order valence-electron chi connectivity index (χ3n) is 2.88. The number of rotatable bonds is 4. The van der Waals surface area contributed by atoms with Gasteiger partial charge in [-0.1, -0.05) is 24.6 Å². The number of ether oxygens (including phenoxy) is 1. The molecule has 0 bridgehead atoms. The van der Waals surface area contributed by atoms with Crippen molar-refractivity contribution in [3.05, 3.63) is 34.4 Å². The normalized spacial score (nSPS) is 12.6. The number of hydrogen-bond acceptors (Lipinski definition) is 2. The maximum atomic E-state index is 11.8. The van der Waals surface area contributed by atoms with Crippen LogP contribution in [-0.2, 0) is 9.53 Å². The van der Waals surface area contributed by atoms with Crippen LogP contribution in [0.3, 0.4) is 0 Å². The van der Waals surface area contributed by atoms with Crippen molar-refractivity contribution >= 4 is 5.78 Å². The molecule has 0 radical (unpaired) electrons. The number of carbonyl (C=O) groups excluding carboxylic acids is 1. The first kappa shape index (κ1) is 12.9. The minimum absolute atomic E-state index is 0.137. The van der Waals surface area contributed by atoms with Crippen LogP contribution in [0.25, 0.3) is 0 Å². The molecule has 0 aromatic heterocycles. The lowest BCUT2D eigenvalue weighted by Crippen LogP contribution is -2.16. The molecule has 0 saturated carbocycles. The summed E-state index contributed by atoms with van der Waals surface area (Å²) in [5, 5.41) is 0. The molecule has 1 aromatic rings. The predicted octanol–water partition coefficient (Wildman–Crippen LogP) is 3.28. The number of hydrogen-bond donors (Lipinski definition) is 0. The molecule has 1 atom stereocenters. The molecule has 0 aliphatic carbocycles. The maximum absolute atomic E-state index is 11.8. The molecule has 0 aliphatic rings. The van der Waals surface area contributed by atoms with E-state index >= 15 is 0 Å². The minimum Gasteiger partial charge on any atom is -0.369 e. The van der Waals surface area contributed by atoms with Crippen LogP contribution in [0.1, 0.15) is 41.7 Å². The predicted molar refractivity (Wildman–Crippen MR) is 65.7 cm³/mol. The molecule has 2 heteroatoms. The van der Waals surface area contributed by atoms with Crippen LogP contribution < -0.4 is 0 Å². The number of ketones is 1.